The molecule has 3 heterocycles. The van der Waals surface area contributed by atoms with Crippen LogP contribution < -0.4 is 5.32 Å². The first kappa shape index (κ1) is 22.1. The molecule has 1 fully saturated rings. The first-order valence-electron chi connectivity index (χ1n) is 10.4. The summed E-state index contributed by atoms with van der Waals surface area (Å²) < 4.78 is 10.4. The zero-order valence-corrected chi connectivity index (χ0v) is 18.7. The predicted octanol–water partition coefficient (Wildman–Crippen LogP) is 3.07. The number of ether oxygens (including phenoxy) is 1. The van der Waals surface area contributed by atoms with Gasteiger partial charge in [0.1, 0.15) is 17.6 Å². The quantitative estimate of drug-likeness (QED) is 0.660. The predicted molar refractivity (Wildman–Crippen MR) is 119 cm³/mol. The van der Waals surface area contributed by atoms with Crippen LogP contribution in [0.2, 0.25) is 0 Å². The summed E-state index contributed by atoms with van der Waals surface area (Å²) in [7, 11) is 0. The molecule has 1 aromatic heterocycles. The van der Waals surface area contributed by atoms with Gasteiger partial charge in [-0.1, -0.05) is 16.9 Å². The molecule has 0 bridgehead atoms. The van der Waals surface area contributed by atoms with Crippen LogP contribution in [0.5, 0.6) is 0 Å². The third-order valence-electron chi connectivity index (χ3n) is 5.41. The molecule has 0 unspecified atom stereocenters. The minimum Gasteiger partial charge on any atom is -0.457 e. The SMILES string of the molecule is Cc1noc(C)c1COC(=O)c1ccc(NC(=O)C[C@@H]2SC(N3CCCC3)=NC2=O)cc1. The fraction of sp³-hybridized carbons (Fsp3) is 0.409. The van der Waals surface area contributed by atoms with E-state index in [0.29, 0.717) is 22.7 Å². The highest BCUT2D eigenvalue weighted by molar-refractivity contribution is 8.15. The molecule has 1 N–H and O–H groups in total. The molecule has 2 aliphatic rings. The smallest absolute Gasteiger partial charge is 0.338 e. The molecule has 0 saturated carbocycles. The number of anilines is 1. The third-order valence-corrected chi connectivity index (χ3v) is 6.62. The van der Waals surface area contributed by atoms with E-state index in [0.717, 1.165) is 36.7 Å². The van der Waals surface area contributed by atoms with Gasteiger partial charge in [0.2, 0.25) is 5.91 Å². The number of nitrogens with one attached hydrogen (secondary N) is 1. The maximum Gasteiger partial charge on any atom is 0.338 e. The molecule has 32 heavy (non-hydrogen) atoms. The maximum absolute atomic E-state index is 12.4. The van der Waals surface area contributed by atoms with Crippen LogP contribution in [0.15, 0.2) is 33.8 Å². The van der Waals surface area contributed by atoms with Gasteiger partial charge < -0.3 is 19.5 Å². The second-order valence-electron chi connectivity index (χ2n) is 7.74. The highest BCUT2D eigenvalue weighted by Gasteiger charge is 2.33. The minimum atomic E-state index is -0.496. The summed E-state index contributed by atoms with van der Waals surface area (Å²) in [6.45, 7) is 5.44. The van der Waals surface area contributed by atoms with Gasteiger partial charge in [-0.2, -0.15) is 4.99 Å². The molecule has 2 aliphatic heterocycles. The van der Waals surface area contributed by atoms with Crippen LogP contribution in [-0.4, -0.2) is 51.3 Å². The lowest BCUT2D eigenvalue weighted by atomic mass is 10.2. The van der Waals surface area contributed by atoms with E-state index in [2.05, 4.69) is 20.4 Å². The first-order valence-corrected chi connectivity index (χ1v) is 11.3. The second-order valence-corrected chi connectivity index (χ2v) is 8.91. The number of thioether (sulfide) groups is 1. The normalized spacial score (nSPS) is 18.1. The van der Waals surface area contributed by atoms with E-state index in [1.165, 1.54) is 11.8 Å². The molecule has 0 radical (unpaired) electrons. The molecule has 2 aromatic rings. The number of amides is 2. The van der Waals surface area contributed by atoms with Crippen LogP contribution in [0.1, 0.15) is 46.6 Å². The average Bonchev–Trinajstić information content (AvgIpc) is 3.49. The van der Waals surface area contributed by atoms with Gasteiger partial charge in [-0.25, -0.2) is 4.79 Å². The molecule has 1 aromatic carbocycles. The van der Waals surface area contributed by atoms with E-state index in [1.807, 2.05) is 0 Å². The van der Waals surface area contributed by atoms with E-state index < -0.39 is 11.2 Å². The molecular weight excluding hydrogens is 432 g/mol. The van der Waals surface area contributed by atoms with Crippen molar-refractivity contribution < 1.29 is 23.6 Å². The van der Waals surface area contributed by atoms with Gasteiger partial charge in [0.05, 0.1) is 16.8 Å². The minimum absolute atomic E-state index is 0.0472. The Morgan fingerprint density at radius 1 is 1.22 bits per heavy atom. The lowest BCUT2D eigenvalue weighted by Crippen LogP contribution is -2.25. The summed E-state index contributed by atoms with van der Waals surface area (Å²) in [5, 5.41) is 6.83. The van der Waals surface area contributed by atoms with Crippen molar-refractivity contribution in [2.75, 3.05) is 18.4 Å². The standard InChI is InChI=1S/C22H24N4O5S/c1-13-17(14(2)31-25-13)12-30-21(29)15-5-7-16(8-6-15)23-19(27)11-18-20(28)24-22(32-18)26-9-3-4-10-26/h5-8,18H,3-4,9-12H2,1-2H3,(H,23,27)/t18-/m0/s1. The van der Waals surface area contributed by atoms with Crippen molar-refractivity contribution >= 4 is 40.4 Å². The van der Waals surface area contributed by atoms with Crippen molar-refractivity contribution in [3.8, 4) is 0 Å². The van der Waals surface area contributed by atoms with Crippen LogP contribution >= 0.6 is 11.8 Å². The summed E-state index contributed by atoms with van der Waals surface area (Å²) in [5.74, 6) is -0.404. The summed E-state index contributed by atoms with van der Waals surface area (Å²) in [5.41, 5.74) is 2.33. The lowest BCUT2D eigenvalue weighted by molar-refractivity contribution is -0.121. The molecule has 2 amide bonds. The van der Waals surface area contributed by atoms with Crippen molar-refractivity contribution in [2.24, 2.45) is 4.99 Å². The molecule has 10 heteroatoms. The topological polar surface area (TPSA) is 114 Å². The molecule has 9 nitrogen and oxygen atoms in total. The number of aryl methyl sites for hydroxylation is 2. The van der Waals surface area contributed by atoms with E-state index in [-0.39, 0.29) is 24.8 Å². The van der Waals surface area contributed by atoms with E-state index >= 15 is 0 Å². The maximum atomic E-state index is 12.4. The van der Waals surface area contributed by atoms with Gasteiger partial charge in [0, 0.05) is 25.2 Å². The van der Waals surface area contributed by atoms with Crippen LogP contribution in [-0.2, 0) is 20.9 Å². The van der Waals surface area contributed by atoms with Crippen molar-refractivity contribution in [3.05, 3.63) is 46.8 Å². The van der Waals surface area contributed by atoms with Crippen LogP contribution in [0.3, 0.4) is 0 Å². The Balaban J connectivity index is 1.26. The number of likely N-dealkylation sites (tertiary alicyclic amines) is 1. The van der Waals surface area contributed by atoms with Crippen molar-refractivity contribution in [2.45, 2.75) is 45.0 Å². The van der Waals surface area contributed by atoms with Crippen molar-refractivity contribution in [1.82, 2.24) is 10.1 Å². The lowest BCUT2D eigenvalue weighted by Gasteiger charge is -2.16. The highest BCUT2D eigenvalue weighted by Crippen LogP contribution is 2.29. The Hall–Kier alpha value is -3.14. The number of hydrogen-bond acceptors (Lipinski definition) is 8. The molecule has 1 atom stereocenters. The molecule has 4 rings (SSSR count). The fourth-order valence-corrected chi connectivity index (χ4v) is 4.67. The number of aromatic nitrogens is 1. The molecule has 0 spiro atoms. The van der Waals surface area contributed by atoms with E-state index in [1.54, 1.807) is 38.1 Å². The van der Waals surface area contributed by atoms with Crippen LogP contribution in [0, 0.1) is 13.8 Å². The Labute approximate surface area is 189 Å². The van der Waals surface area contributed by atoms with E-state index in [4.69, 9.17) is 9.26 Å². The van der Waals surface area contributed by atoms with Gasteiger partial charge in [0.25, 0.3) is 5.91 Å². The summed E-state index contributed by atoms with van der Waals surface area (Å²) >= 11 is 1.36. The number of nitrogens with zero attached hydrogens (tertiary/aromatic N) is 3. The fourth-order valence-electron chi connectivity index (χ4n) is 3.55. The van der Waals surface area contributed by atoms with Gasteiger partial charge in [0.15, 0.2) is 5.17 Å². The van der Waals surface area contributed by atoms with Gasteiger partial charge in [-0.15, -0.1) is 0 Å². The molecule has 168 valence electrons. The zero-order chi connectivity index (χ0) is 22.7. The molecule has 0 aliphatic carbocycles. The Morgan fingerprint density at radius 2 is 1.94 bits per heavy atom. The monoisotopic (exact) mass is 456 g/mol. The van der Waals surface area contributed by atoms with Crippen molar-refractivity contribution in [3.63, 3.8) is 0 Å². The Kier molecular flexibility index (Phi) is 6.59. The number of carbonyl (C=O) groups excluding carboxylic acids is 3. The summed E-state index contributed by atoms with van der Waals surface area (Å²) in [6.07, 6.45) is 2.25. The van der Waals surface area contributed by atoms with E-state index in [9.17, 15) is 14.4 Å². The third kappa shape index (κ3) is 5.01. The van der Waals surface area contributed by atoms with Crippen LogP contribution in [0.25, 0.3) is 0 Å². The highest BCUT2D eigenvalue weighted by atomic mass is 32.2. The van der Waals surface area contributed by atoms with Gasteiger partial charge in [-0.05, 0) is 51.0 Å². The van der Waals surface area contributed by atoms with Crippen LogP contribution in [0.4, 0.5) is 5.69 Å². The van der Waals surface area contributed by atoms with Gasteiger partial charge >= 0.3 is 5.97 Å². The largest absolute Gasteiger partial charge is 0.457 e. The van der Waals surface area contributed by atoms with Crippen molar-refractivity contribution in [1.29, 1.82) is 0 Å². The molecular formula is C22H24N4O5S. The van der Waals surface area contributed by atoms with Gasteiger partial charge in [-0.3, -0.25) is 9.59 Å². The number of amidine groups is 1. The summed E-state index contributed by atoms with van der Waals surface area (Å²) in [4.78, 5) is 43.1. The Bertz CT molecular complexity index is 1040. The first-order chi connectivity index (χ1) is 15.4. The number of esters is 1. The second kappa shape index (κ2) is 9.56. The number of carbonyl (C=O) groups is 3. The number of benzene rings is 1. The average molecular weight is 457 g/mol. The number of hydrogen-bond donors (Lipinski definition) is 1. The number of rotatable bonds is 6. The zero-order valence-electron chi connectivity index (χ0n) is 17.9. The molecule has 1 saturated heterocycles. The number of aliphatic imine (C=N–C) groups is 1. The summed E-state index contributed by atoms with van der Waals surface area (Å²) in [6, 6.07) is 6.41. The Morgan fingerprint density at radius 3 is 2.59 bits per heavy atom.